The molecule has 1 aromatic carbocycles. The summed E-state index contributed by atoms with van der Waals surface area (Å²) in [5.41, 5.74) is -0.519. The lowest BCUT2D eigenvalue weighted by atomic mass is 9.97. The highest BCUT2D eigenvalue weighted by Crippen LogP contribution is 2.34. The van der Waals surface area contributed by atoms with Crippen molar-refractivity contribution in [3.05, 3.63) is 23.8 Å². The maximum atomic E-state index is 12.1. The van der Waals surface area contributed by atoms with Crippen molar-refractivity contribution >= 4 is 11.9 Å². The highest BCUT2D eigenvalue weighted by molar-refractivity contribution is 5.81. The van der Waals surface area contributed by atoms with Gasteiger partial charge in [-0.15, -0.1) is 0 Å². The van der Waals surface area contributed by atoms with E-state index < -0.39 is 10.8 Å². The van der Waals surface area contributed by atoms with Crippen molar-refractivity contribution in [1.29, 1.82) is 0 Å². The van der Waals surface area contributed by atoms with Gasteiger partial charge in [0.05, 0.1) is 10.8 Å². The molecule has 0 unspecified atom stereocenters. The van der Waals surface area contributed by atoms with Gasteiger partial charge in [0, 0.05) is 0 Å². The van der Waals surface area contributed by atoms with Crippen LogP contribution in [0.3, 0.4) is 0 Å². The number of rotatable bonds is 2. The molecular formula is C17H24O4. The van der Waals surface area contributed by atoms with E-state index in [2.05, 4.69) is 0 Å². The number of para-hydroxylation sites is 1. The Labute approximate surface area is 126 Å². The molecule has 0 aliphatic carbocycles. The van der Waals surface area contributed by atoms with Gasteiger partial charge in [-0.05, 0) is 60.1 Å². The average molecular weight is 292 g/mol. The van der Waals surface area contributed by atoms with E-state index in [0.29, 0.717) is 5.75 Å². The van der Waals surface area contributed by atoms with Crippen molar-refractivity contribution < 1.29 is 19.1 Å². The molecule has 116 valence electrons. The van der Waals surface area contributed by atoms with Crippen LogP contribution < -0.4 is 9.47 Å². The van der Waals surface area contributed by atoms with Gasteiger partial charge in [0.2, 0.25) is 0 Å². The summed E-state index contributed by atoms with van der Waals surface area (Å²) in [7, 11) is 0. The third-order valence-corrected chi connectivity index (χ3v) is 2.80. The predicted octanol–water partition coefficient (Wildman–Crippen LogP) is 3.90. The lowest BCUT2D eigenvalue weighted by molar-refractivity contribution is -0.145. The number of aryl methyl sites for hydroxylation is 1. The van der Waals surface area contributed by atoms with Gasteiger partial charge in [-0.2, -0.15) is 0 Å². The lowest BCUT2D eigenvalue weighted by Crippen LogP contribution is -2.28. The smallest absolute Gasteiger partial charge is 0.316 e. The average Bonchev–Trinajstić information content (AvgIpc) is 2.30. The first kappa shape index (κ1) is 17.2. The Morgan fingerprint density at radius 1 is 0.857 bits per heavy atom. The second-order valence-electron chi connectivity index (χ2n) is 7.18. The minimum Gasteiger partial charge on any atom is -0.422 e. The molecule has 4 heteroatoms. The van der Waals surface area contributed by atoms with Crippen LogP contribution >= 0.6 is 0 Å². The Kier molecular flexibility index (Phi) is 4.82. The maximum absolute atomic E-state index is 12.1. The van der Waals surface area contributed by atoms with E-state index >= 15 is 0 Å². The summed E-state index contributed by atoms with van der Waals surface area (Å²) >= 11 is 0. The molecule has 0 amide bonds. The number of hydrogen-bond acceptors (Lipinski definition) is 4. The first-order valence-electron chi connectivity index (χ1n) is 6.97. The van der Waals surface area contributed by atoms with Gasteiger partial charge < -0.3 is 9.47 Å². The summed E-state index contributed by atoms with van der Waals surface area (Å²) in [4.78, 5) is 24.1. The zero-order chi connectivity index (χ0) is 16.4. The summed E-state index contributed by atoms with van der Waals surface area (Å²) in [6.07, 6.45) is 0. The normalized spacial score (nSPS) is 12.0. The van der Waals surface area contributed by atoms with Crippen molar-refractivity contribution in [2.45, 2.75) is 48.5 Å². The summed E-state index contributed by atoms with van der Waals surface area (Å²) in [5.74, 6) is -0.173. The van der Waals surface area contributed by atoms with E-state index in [4.69, 9.17) is 9.47 Å². The predicted molar refractivity (Wildman–Crippen MR) is 81.4 cm³/mol. The van der Waals surface area contributed by atoms with Gasteiger partial charge >= 0.3 is 11.9 Å². The minimum atomic E-state index is -0.631. The molecule has 4 nitrogen and oxygen atoms in total. The molecule has 1 rings (SSSR count). The number of esters is 2. The van der Waals surface area contributed by atoms with Crippen molar-refractivity contribution in [1.82, 2.24) is 0 Å². The van der Waals surface area contributed by atoms with Crippen LogP contribution in [-0.4, -0.2) is 11.9 Å². The van der Waals surface area contributed by atoms with Crippen molar-refractivity contribution in [3.63, 3.8) is 0 Å². The highest BCUT2D eigenvalue weighted by Gasteiger charge is 2.28. The third-order valence-electron chi connectivity index (χ3n) is 2.80. The molecule has 0 spiro atoms. The van der Waals surface area contributed by atoms with Crippen LogP contribution in [0.2, 0.25) is 0 Å². The zero-order valence-electron chi connectivity index (χ0n) is 13.9. The van der Waals surface area contributed by atoms with Crippen LogP contribution in [0.4, 0.5) is 0 Å². The number of carbonyl (C=O) groups is 2. The van der Waals surface area contributed by atoms with Gasteiger partial charge in [0.15, 0.2) is 11.5 Å². The molecular weight excluding hydrogens is 268 g/mol. The second kappa shape index (κ2) is 5.88. The zero-order valence-corrected chi connectivity index (χ0v) is 13.9. The Bertz CT molecular complexity index is 545. The SMILES string of the molecule is Cc1cccc(OC(=O)C(C)(C)C)c1OC(=O)C(C)(C)C. The molecule has 0 aromatic heterocycles. The van der Waals surface area contributed by atoms with E-state index in [1.165, 1.54) is 0 Å². The molecule has 0 heterocycles. The monoisotopic (exact) mass is 292 g/mol. The Hall–Kier alpha value is -1.84. The minimum absolute atomic E-state index is 0.271. The molecule has 0 fully saturated rings. The molecule has 0 aliphatic heterocycles. The van der Waals surface area contributed by atoms with Crippen LogP contribution in [0.15, 0.2) is 18.2 Å². The van der Waals surface area contributed by atoms with Crippen molar-refractivity contribution in [2.24, 2.45) is 10.8 Å². The van der Waals surface area contributed by atoms with E-state index in [1.54, 1.807) is 66.7 Å². The van der Waals surface area contributed by atoms with Crippen molar-refractivity contribution in [2.75, 3.05) is 0 Å². The third kappa shape index (κ3) is 4.59. The number of carbonyl (C=O) groups excluding carboxylic acids is 2. The van der Waals surface area contributed by atoms with E-state index in [0.717, 1.165) is 5.56 Å². The Morgan fingerprint density at radius 2 is 1.33 bits per heavy atom. The molecule has 0 N–H and O–H groups in total. The summed E-state index contributed by atoms with van der Waals surface area (Å²) in [5, 5.41) is 0. The number of hydrogen-bond donors (Lipinski definition) is 0. The molecule has 0 radical (unpaired) electrons. The van der Waals surface area contributed by atoms with E-state index in [9.17, 15) is 9.59 Å². The summed E-state index contributed by atoms with van der Waals surface area (Å²) in [6.45, 7) is 12.4. The van der Waals surface area contributed by atoms with Gasteiger partial charge in [-0.1, -0.05) is 12.1 Å². The number of benzene rings is 1. The standard InChI is InChI=1S/C17H24O4/c1-11-9-8-10-12(20-14(18)16(2,3)4)13(11)21-15(19)17(5,6)7/h8-10H,1-7H3. The van der Waals surface area contributed by atoms with Crippen LogP contribution in [0, 0.1) is 17.8 Å². The summed E-state index contributed by atoms with van der Waals surface area (Å²) in [6, 6.07) is 5.19. The van der Waals surface area contributed by atoms with E-state index in [-0.39, 0.29) is 17.7 Å². The van der Waals surface area contributed by atoms with Gasteiger partial charge in [-0.3, -0.25) is 9.59 Å². The molecule has 1 aromatic rings. The fraction of sp³-hybridized carbons (Fsp3) is 0.529. The molecule has 0 saturated heterocycles. The van der Waals surface area contributed by atoms with Crippen LogP contribution in [0.25, 0.3) is 0 Å². The highest BCUT2D eigenvalue weighted by atomic mass is 16.6. The van der Waals surface area contributed by atoms with Crippen LogP contribution in [0.1, 0.15) is 47.1 Å². The molecule has 0 aliphatic rings. The second-order valence-corrected chi connectivity index (χ2v) is 7.18. The van der Waals surface area contributed by atoms with Gasteiger partial charge in [-0.25, -0.2) is 0 Å². The van der Waals surface area contributed by atoms with Crippen molar-refractivity contribution in [3.8, 4) is 11.5 Å². The van der Waals surface area contributed by atoms with Crippen LogP contribution in [0.5, 0.6) is 11.5 Å². The fourth-order valence-corrected chi connectivity index (χ4v) is 1.34. The molecule has 0 saturated carbocycles. The van der Waals surface area contributed by atoms with Gasteiger partial charge in [0.1, 0.15) is 0 Å². The number of ether oxygens (including phenoxy) is 2. The lowest BCUT2D eigenvalue weighted by Gasteiger charge is -2.21. The Morgan fingerprint density at radius 3 is 1.81 bits per heavy atom. The van der Waals surface area contributed by atoms with E-state index in [1.807, 2.05) is 0 Å². The first-order valence-corrected chi connectivity index (χ1v) is 6.97. The van der Waals surface area contributed by atoms with Gasteiger partial charge in [0.25, 0.3) is 0 Å². The maximum Gasteiger partial charge on any atom is 0.316 e. The summed E-state index contributed by atoms with van der Waals surface area (Å²) < 4.78 is 10.8. The quantitative estimate of drug-likeness (QED) is 0.613. The Balaban J connectivity index is 3.10. The molecule has 0 bridgehead atoms. The first-order chi connectivity index (χ1) is 9.43. The van der Waals surface area contributed by atoms with Crippen LogP contribution in [-0.2, 0) is 9.59 Å². The molecule has 0 atom stereocenters. The molecule has 21 heavy (non-hydrogen) atoms. The largest absolute Gasteiger partial charge is 0.422 e. The topological polar surface area (TPSA) is 52.6 Å². The fourth-order valence-electron chi connectivity index (χ4n) is 1.34.